The Bertz CT molecular complexity index is 712. The fourth-order valence-corrected chi connectivity index (χ4v) is 3.86. The molecule has 1 saturated heterocycles. The lowest BCUT2D eigenvalue weighted by molar-refractivity contribution is 0.0115. The van der Waals surface area contributed by atoms with Crippen LogP contribution in [-0.2, 0) is 11.2 Å². The number of benzene rings is 1. The standard InChI is InChI=1S/C20H26N4O/c1-15-12-20(22-14-21-15)23-17-6-9-24(10-7-17)13-19-18-5-3-2-4-16(18)8-11-25-19/h2-5,12,14,17,19H,6-11,13H2,1H3,(H,21,22,23). The largest absolute Gasteiger partial charge is 0.372 e. The van der Waals surface area contributed by atoms with Crippen molar-refractivity contribution in [2.75, 3.05) is 31.6 Å². The Morgan fingerprint density at radius 3 is 2.88 bits per heavy atom. The molecule has 4 rings (SSSR count). The molecule has 1 unspecified atom stereocenters. The van der Waals surface area contributed by atoms with Crippen LogP contribution in [0.2, 0.25) is 0 Å². The molecule has 1 aromatic heterocycles. The molecule has 1 atom stereocenters. The third-order valence-corrected chi connectivity index (χ3v) is 5.26. The summed E-state index contributed by atoms with van der Waals surface area (Å²) in [6.45, 7) is 6.04. The number of nitrogens with zero attached hydrogens (tertiary/aromatic N) is 3. The minimum atomic E-state index is 0.221. The van der Waals surface area contributed by atoms with E-state index in [1.54, 1.807) is 6.33 Å². The first-order chi connectivity index (χ1) is 12.3. The van der Waals surface area contributed by atoms with Gasteiger partial charge < -0.3 is 15.0 Å². The molecule has 1 aromatic carbocycles. The molecule has 1 N–H and O–H groups in total. The van der Waals surface area contributed by atoms with E-state index < -0.39 is 0 Å². The fourth-order valence-electron chi connectivity index (χ4n) is 3.86. The van der Waals surface area contributed by atoms with Crippen LogP contribution >= 0.6 is 0 Å². The number of ether oxygens (including phenoxy) is 1. The molecule has 5 heteroatoms. The maximum atomic E-state index is 6.07. The molecule has 3 heterocycles. The zero-order valence-corrected chi connectivity index (χ0v) is 14.8. The zero-order valence-electron chi connectivity index (χ0n) is 14.8. The summed E-state index contributed by atoms with van der Waals surface area (Å²) in [6, 6.07) is 11.2. The quantitative estimate of drug-likeness (QED) is 0.929. The fraction of sp³-hybridized carbons (Fsp3) is 0.500. The molecule has 0 amide bonds. The minimum absolute atomic E-state index is 0.221. The molecule has 132 valence electrons. The van der Waals surface area contributed by atoms with E-state index >= 15 is 0 Å². The lowest BCUT2D eigenvalue weighted by Gasteiger charge is -2.36. The summed E-state index contributed by atoms with van der Waals surface area (Å²) in [5, 5.41) is 3.55. The van der Waals surface area contributed by atoms with E-state index in [9.17, 15) is 0 Å². The third-order valence-electron chi connectivity index (χ3n) is 5.26. The first-order valence-corrected chi connectivity index (χ1v) is 9.25. The highest BCUT2D eigenvalue weighted by Crippen LogP contribution is 2.28. The second-order valence-corrected chi connectivity index (χ2v) is 7.07. The van der Waals surface area contributed by atoms with E-state index in [1.165, 1.54) is 11.1 Å². The summed E-state index contributed by atoms with van der Waals surface area (Å²) in [4.78, 5) is 11.0. The van der Waals surface area contributed by atoms with Crippen molar-refractivity contribution >= 4 is 5.82 Å². The van der Waals surface area contributed by atoms with Gasteiger partial charge in [-0.15, -0.1) is 0 Å². The Hall–Kier alpha value is -1.98. The van der Waals surface area contributed by atoms with Crippen LogP contribution in [0.5, 0.6) is 0 Å². The molecule has 0 aliphatic carbocycles. The Labute approximate surface area is 149 Å². The lowest BCUT2D eigenvalue weighted by atomic mass is 9.96. The van der Waals surface area contributed by atoms with Gasteiger partial charge in [0.15, 0.2) is 0 Å². The number of likely N-dealkylation sites (tertiary alicyclic amines) is 1. The van der Waals surface area contributed by atoms with Gasteiger partial charge in [0, 0.05) is 37.4 Å². The van der Waals surface area contributed by atoms with Gasteiger partial charge in [0.2, 0.25) is 0 Å². The molecule has 25 heavy (non-hydrogen) atoms. The van der Waals surface area contributed by atoms with Gasteiger partial charge in [-0.25, -0.2) is 9.97 Å². The van der Waals surface area contributed by atoms with E-state index in [4.69, 9.17) is 4.74 Å². The summed E-state index contributed by atoms with van der Waals surface area (Å²) < 4.78 is 6.07. The van der Waals surface area contributed by atoms with E-state index in [0.29, 0.717) is 6.04 Å². The number of aryl methyl sites for hydroxylation is 1. The summed E-state index contributed by atoms with van der Waals surface area (Å²) in [6.07, 6.45) is 5.16. The molecular formula is C20H26N4O. The highest BCUT2D eigenvalue weighted by atomic mass is 16.5. The smallest absolute Gasteiger partial charge is 0.129 e. The van der Waals surface area contributed by atoms with Gasteiger partial charge in [0.05, 0.1) is 12.7 Å². The summed E-state index contributed by atoms with van der Waals surface area (Å²) >= 11 is 0. The van der Waals surface area contributed by atoms with Crippen LogP contribution in [0.4, 0.5) is 5.82 Å². The van der Waals surface area contributed by atoms with E-state index in [0.717, 1.165) is 57.0 Å². The highest BCUT2D eigenvalue weighted by molar-refractivity contribution is 5.35. The summed E-state index contributed by atoms with van der Waals surface area (Å²) in [7, 11) is 0. The van der Waals surface area contributed by atoms with Gasteiger partial charge in [-0.1, -0.05) is 24.3 Å². The monoisotopic (exact) mass is 338 g/mol. The van der Waals surface area contributed by atoms with Crippen LogP contribution in [0.3, 0.4) is 0 Å². The Balaban J connectivity index is 1.31. The van der Waals surface area contributed by atoms with Gasteiger partial charge >= 0.3 is 0 Å². The summed E-state index contributed by atoms with van der Waals surface area (Å²) in [5.41, 5.74) is 3.84. The molecule has 2 aromatic rings. The van der Waals surface area contributed by atoms with Crippen LogP contribution in [-0.4, -0.2) is 47.2 Å². The minimum Gasteiger partial charge on any atom is -0.372 e. The molecular weight excluding hydrogens is 312 g/mol. The third kappa shape index (κ3) is 3.99. The molecule has 5 nitrogen and oxygen atoms in total. The molecule has 1 fully saturated rings. The molecule has 0 bridgehead atoms. The number of nitrogens with one attached hydrogen (secondary N) is 1. The molecule has 0 radical (unpaired) electrons. The van der Waals surface area contributed by atoms with Crippen LogP contribution < -0.4 is 5.32 Å². The number of rotatable bonds is 4. The number of piperidine rings is 1. The van der Waals surface area contributed by atoms with Crippen molar-refractivity contribution in [1.29, 1.82) is 0 Å². The maximum absolute atomic E-state index is 6.07. The number of fused-ring (bicyclic) bond motifs is 1. The predicted octanol–water partition coefficient (Wildman–Crippen LogP) is 2.98. The first kappa shape index (κ1) is 16.5. The molecule has 0 saturated carbocycles. The van der Waals surface area contributed by atoms with Crippen molar-refractivity contribution in [3.05, 3.63) is 53.5 Å². The van der Waals surface area contributed by atoms with Gasteiger partial charge in [-0.2, -0.15) is 0 Å². The maximum Gasteiger partial charge on any atom is 0.129 e. The van der Waals surface area contributed by atoms with Gasteiger partial charge in [0.1, 0.15) is 12.1 Å². The molecule has 2 aliphatic rings. The Kier molecular flexibility index (Phi) is 4.95. The molecule has 2 aliphatic heterocycles. The van der Waals surface area contributed by atoms with E-state index in [2.05, 4.69) is 44.5 Å². The number of hydrogen-bond acceptors (Lipinski definition) is 5. The predicted molar refractivity (Wildman–Crippen MR) is 98.7 cm³/mol. The van der Waals surface area contributed by atoms with Gasteiger partial charge in [-0.05, 0) is 37.3 Å². The van der Waals surface area contributed by atoms with Gasteiger partial charge in [0.25, 0.3) is 0 Å². The second-order valence-electron chi connectivity index (χ2n) is 7.07. The average molecular weight is 338 g/mol. The van der Waals surface area contributed by atoms with Crippen LogP contribution in [0.25, 0.3) is 0 Å². The van der Waals surface area contributed by atoms with Crippen LogP contribution in [0.15, 0.2) is 36.7 Å². The summed E-state index contributed by atoms with van der Waals surface area (Å²) in [5.74, 6) is 0.940. The number of anilines is 1. The van der Waals surface area contributed by atoms with Crippen molar-refractivity contribution in [2.45, 2.75) is 38.3 Å². The van der Waals surface area contributed by atoms with Crippen LogP contribution in [0.1, 0.15) is 35.8 Å². The second kappa shape index (κ2) is 7.50. The lowest BCUT2D eigenvalue weighted by Crippen LogP contribution is -2.42. The first-order valence-electron chi connectivity index (χ1n) is 9.25. The topological polar surface area (TPSA) is 50.3 Å². The van der Waals surface area contributed by atoms with E-state index in [-0.39, 0.29) is 6.10 Å². The van der Waals surface area contributed by atoms with Crippen LogP contribution in [0, 0.1) is 6.92 Å². The van der Waals surface area contributed by atoms with Crippen molar-refractivity contribution in [1.82, 2.24) is 14.9 Å². The van der Waals surface area contributed by atoms with Crippen molar-refractivity contribution in [2.24, 2.45) is 0 Å². The van der Waals surface area contributed by atoms with Gasteiger partial charge in [-0.3, -0.25) is 0 Å². The van der Waals surface area contributed by atoms with Crippen molar-refractivity contribution in [3.8, 4) is 0 Å². The van der Waals surface area contributed by atoms with E-state index in [1.807, 2.05) is 13.0 Å². The Morgan fingerprint density at radius 2 is 2.04 bits per heavy atom. The Morgan fingerprint density at radius 1 is 1.20 bits per heavy atom. The highest BCUT2D eigenvalue weighted by Gasteiger charge is 2.26. The molecule has 0 spiro atoms. The number of aromatic nitrogens is 2. The number of hydrogen-bond donors (Lipinski definition) is 1. The van der Waals surface area contributed by atoms with Crippen molar-refractivity contribution in [3.63, 3.8) is 0 Å². The zero-order chi connectivity index (χ0) is 17.1. The average Bonchev–Trinajstić information content (AvgIpc) is 2.64. The SMILES string of the molecule is Cc1cc(NC2CCN(CC3OCCc4ccccc43)CC2)ncn1. The normalized spacial score (nSPS) is 21.7. The van der Waals surface area contributed by atoms with Crippen molar-refractivity contribution < 1.29 is 4.74 Å².